The summed E-state index contributed by atoms with van der Waals surface area (Å²) in [6, 6.07) is 4.60. The smallest absolute Gasteiger partial charge is 0.127 e. The highest BCUT2D eigenvalue weighted by atomic mass is 35.5. The fourth-order valence-electron chi connectivity index (χ4n) is 1.45. The van der Waals surface area contributed by atoms with Crippen LogP contribution in [0.25, 0.3) is 0 Å². The van der Waals surface area contributed by atoms with Crippen LogP contribution >= 0.6 is 11.6 Å². The summed E-state index contributed by atoms with van der Waals surface area (Å²) in [7, 11) is 0. The molecule has 0 spiro atoms. The summed E-state index contributed by atoms with van der Waals surface area (Å²) in [5.74, 6) is -0.218. The van der Waals surface area contributed by atoms with Gasteiger partial charge in [-0.25, -0.2) is 4.39 Å². The Kier molecular flexibility index (Phi) is 7.17. The van der Waals surface area contributed by atoms with E-state index in [1.165, 1.54) is 6.07 Å². The van der Waals surface area contributed by atoms with Crippen LogP contribution in [-0.2, 0) is 11.3 Å². The van der Waals surface area contributed by atoms with Gasteiger partial charge in [0.25, 0.3) is 0 Å². The van der Waals surface area contributed by atoms with E-state index in [1.807, 2.05) is 0 Å². The molecule has 0 saturated carbocycles. The second-order valence-corrected chi connectivity index (χ2v) is 4.31. The molecule has 1 aromatic carbocycles. The van der Waals surface area contributed by atoms with Gasteiger partial charge in [0, 0.05) is 30.3 Å². The van der Waals surface area contributed by atoms with Crippen LogP contribution in [0, 0.1) is 5.82 Å². The van der Waals surface area contributed by atoms with Crippen molar-refractivity contribution < 1.29 is 9.13 Å². The summed E-state index contributed by atoms with van der Waals surface area (Å²) >= 11 is 5.80. The predicted molar refractivity (Wildman–Crippen MR) is 68.8 cm³/mol. The molecule has 0 unspecified atom stereocenters. The highest BCUT2D eigenvalue weighted by molar-refractivity contribution is 6.30. The Morgan fingerprint density at radius 2 is 2.18 bits per heavy atom. The first-order valence-corrected chi connectivity index (χ1v) is 6.34. The second-order valence-electron chi connectivity index (χ2n) is 3.88. The van der Waals surface area contributed by atoms with Crippen molar-refractivity contribution >= 4 is 11.6 Å². The molecule has 0 aliphatic carbocycles. The molecule has 0 radical (unpaired) electrons. The Labute approximate surface area is 107 Å². The number of ether oxygens (including phenoxy) is 1. The molecule has 96 valence electrons. The fraction of sp³-hybridized carbons (Fsp3) is 0.538. The van der Waals surface area contributed by atoms with Gasteiger partial charge in [0.1, 0.15) is 5.82 Å². The van der Waals surface area contributed by atoms with E-state index in [-0.39, 0.29) is 5.82 Å². The molecule has 0 fully saturated rings. The van der Waals surface area contributed by atoms with Gasteiger partial charge in [-0.2, -0.15) is 0 Å². The monoisotopic (exact) mass is 259 g/mol. The maximum absolute atomic E-state index is 13.3. The van der Waals surface area contributed by atoms with Gasteiger partial charge in [-0.1, -0.05) is 18.5 Å². The van der Waals surface area contributed by atoms with Crippen LogP contribution in [0.1, 0.15) is 25.3 Å². The van der Waals surface area contributed by atoms with Crippen molar-refractivity contribution in [2.75, 3.05) is 19.8 Å². The molecule has 0 amide bonds. The summed E-state index contributed by atoms with van der Waals surface area (Å²) in [5.41, 5.74) is 0.604. The number of rotatable bonds is 8. The summed E-state index contributed by atoms with van der Waals surface area (Å²) in [5, 5.41) is 3.73. The van der Waals surface area contributed by atoms with Crippen LogP contribution in [0.3, 0.4) is 0 Å². The van der Waals surface area contributed by atoms with E-state index in [4.69, 9.17) is 16.3 Å². The van der Waals surface area contributed by atoms with Crippen molar-refractivity contribution in [3.8, 4) is 0 Å². The van der Waals surface area contributed by atoms with Crippen molar-refractivity contribution in [3.05, 3.63) is 34.6 Å². The molecule has 0 aliphatic rings. The van der Waals surface area contributed by atoms with Gasteiger partial charge in [0.05, 0.1) is 0 Å². The predicted octanol–water partition coefficient (Wildman–Crippen LogP) is 3.39. The Morgan fingerprint density at radius 3 is 2.94 bits per heavy atom. The molecule has 0 aliphatic heterocycles. The number of nitrogens with one attached hydrogen (secondary N) is 1. The van der Waals surface area contributed by atoms with Gasteiger partial charge in [-0.15, -0.1) is 0 Å². The van der Waals surface area contributed by atoms with Gasteiger partial charge in [-0.05, 0) is 37.6 Å². The van der Waals surface area contributed by atoms with E-state index in [2.05, 4.69) is 12.2 Å². The number of halogens is 2. The lowest BCUT2D eigenvalue weighted by atomic mass is 10.2. The van der Waals surface area contributed by atoms with Gasteiger partial charge in [0.2, 0.25) is 0 Å². The van der Waals surface area contributed by atoms with Gasteiger partial charge >= 0.3 is 0 Å². The lowest BCUT2D eigenvalue weighted by Gasteiger charge is -2.07. The van der Waals surface area contributed by atoms with Crippen molar-refractivity contribution in [3.63, 3.8) is 0 Å². The summed E-state index contributed by atoms with van der Waals surface area (Å²) in [4.78, 5) is 0. The zero-order chi connectivity index (χ0) is 12.5. The second kappa shape index (κ2) is 8.45. The normalized spacial score (nSPS) is 10.8. The van der Waals surface area contributed by atoms with Crippen molar-refractivity contribution in [1.82, 2.24) is 5.32 Å². The van der Waals surface area contributed by atoms with Gasteiger partial charge in [-0.3, -0.25) is 0 Å². The first-order chi connectivity index (χ1) is 8.24. The first-order valence-electron chi connectivity index (χ1n) is 5.96. The summed E-state index contributed by atoms with van der Waals surface area (Å²) in [6.07, 6.45) is 1.98. The van der Waals surface area contributed by atoms with E-state index in [1.54, 1.807) is 12.1 Å². The van der Waals surface area contributed by atoms with Gasteiger partial charge < -0.3 is 10.1 Å². The molecule has 0 atom stereocenters. The lowest BCUT2D eigenvalue weighted by Crippen LogP contribution is -2.17. The van der Waals surface area contributed by atoms with Crippen molar-refractivity contribution in [2.24, 2.45) is 0 Å². The number of benzene rings is 1. The molecule has 1 aromatic rings. The minimum absolute atomic E-state index is 0.218. The van der Waals surface area contributed by atoms with Crippen molar-refractivity contribution in [2.45, 2.75) is 26.3 Å². The standard InChI is InChI=1S/C13H19ClFNO/c1-2-7-17-8-3-6-16-10-11-9-12(14)4-5-13(11)15/h4-5,9,16H,2-3,6-8,10H2,1H3. The molecule has 4 heteroatoms. The molecule has 17 heavy (non-hydrogen) atoms. The Morgan fingerprint density at radius 1 is 1.35 bits per heavy atom. The zero-order valence-corrected chi connectivity index (χ0v) is 10.9. The van der Waals surface area contributed by atoms with Crippen molar-refractivity contribution in [1.29, 1.82) is 0 Å². The van der Waals surface area contributed by atoms with Crippen LogP contribution in [0.5, 0.6) is 0 Å². The average Bonchev–Trinajstić information content (AvgIpc) is 2.32. The number of hydrogen-bond acceptors (Lipinski definition) is 2. The van der Waals surface area contributed by atoms with Crippen LogP contribution in [-0.4, -0.2) is 19.8 Å². The minimum atomic E-state index is -0.218. The summed E-state index contributed by atoms with van der Waals surface area (Å²) in [6.45, 7) is 4.96. The van der Waals surface area contributed by atoms with Crippen LogP contribution < -0.4 is 5.32 Å². The van der Waals surface area contributed by atoms with Crippen LogP contribution in [0.4, 0.5) is 4.39 Å². The molecule has 2 nitrogen and oxygen atoms in total. The first kappa shape index (κ1) is 14.4. The lowest BCUT2D eigenvalue weighted by molar-refractivity contribution is 0.132. The van der Waals surface area contributed by atoms with E-state index in [0.717, 1.165) is 32.6 Å². The average molecular weight is 260 g/mol. The Bertz CT molecular complexity index is 333. The van der Waals surface area contributed by atoms with E-state index in [9.17, 15) is 4.39 Å². The molecule has 0 bridgehead atoms. The topological polar surface area (TPSA) is 21.3 Å². The zero-order valence-electron chi connectivity index (χ0n) is 10.1. The van der Waals surface area contributed by atoms with E-state index < -0.39 is 0 Å². The SMILES string of the molecule is CCCOCCCNCc1cc(Cl)ccc1F. The highest BCUT2D eigenvalue weighted by Crippen LogP contribution is 2.14. The Hall–Kier alpha value is -0.640. The maximum atomic E-state index is 13.3. The maximum Gasteiger partial charge on any atom is 0.127 e. The molecule has 0 heterocycles. The highest BCUT2D eigenvalue weighted by Gasteiger charge is 2.01. The van der Waals surface area contributed by atoms with Crippen LogP contribution in [0.2, 0.25) is 5.02 Å². The third kappa shape index (κ3) is 6.01. The van der Waals surface area contributed by atoms with Gasteiger partial charge in [0.15, 0.2) is 0 Å². The quantitative estimate of drug-likeness (QED) is 0.723. The third-order valence-electron chi connectivity index (χ3n) is 2.31. The molecular weight excluding hydrogens is 241 g/mol. The van der Waals surface area contributed by atoms with E-state index in [0.29, 0.717) is 17.1 Å². The van der Waals surface area contributed by atoms with E-state index >= 15 is 0 Å². The summed E-state index contributed by atoms with van der Waals surface area (Å²) < 4.78 is 18.7. The molecule has 1 rings (SSSR count). The number of hydrogen-bond donors (Lipinski definition) is 1. The molecule has 1 N–H and O–H groups in total. The molecule has 0 aromatic heterocycles. The molecular formula is C13H19ClFNO. The largest absolute Gasteiger partial charge is 0.381 e. The third-order valence-corrected chi connectivity index (χ3v) is 2.55. The van der Waals surface area contributed by atoms with Crippen LogP contribution in [0.15, 0.2) is 18.2 Å². The molecule has 0 saturated heterocycles. The minimum Gasteiger partial charge on any atom is -0.381 e. The Balaban J connectivity index is 2.15. The fourth-order valence-corrected chi connectivity index (χ4v) is 1.64.